The molecule has 1 N–H and O–H groups in total. The molecule has 0 spiro atoms. The van der Waals surface area contributed by atoms with Gasteiger partial charge in [-0.15, -0.1) is 0 Å². The summed E-state index contributed by atoms with van der Waals surface area (Å²) in [5, 5.41) is 4.64. The van der Waals surface area contributed by atoms with Crippen LogP contribution in [0.4, 0.5) is 0 Å². The first kappa shape index (κ1) is 16.3. The van der Waals surface area contributed by atoms with Crippen molar-refractivity contribution in [2.24, 2.45) is 0 Å². The molecule has 20 heavy (non-hydrogen) atoms. The van der Waals surface area contributed by atoms with Gasteiger partial charge in [0.15, 0.2) is 0 Å². The standard InChI is InChI=1S/C15H13Br2Cl2N/c1-9(11-3-5-14(18)15(19)7-11)20-8-10-2-4-12(16)13(17)6-10/h2-7,9,20H,8H2,1H3. The van der Waals surface area contributed by atoms with Crippen molar-refractivity contribution in [1.29, 1.82) is 0 Å². The fourth-order valence-corrected chi connectivity index (χ4v) is 2.80. The summed E-state index contributed by atoms with van der Waals surface area (Å²) in [5.74, 6) is 0. The predicted molar refractivity (Wildman–Crippen MR) is 93.6 cm³/mol. The molecule has 0 saturated heterocycles. The summed E-state index contributed by atoms with van der Waals surface area (Å²) in [5.41, 5.74) is 2.34. The molecule has 2 aromatic carbocycles. The maximum absolute atomic E-state index is 6.04. The van der Waals surface area contributed by atoms with Gasteiger partial charge in [0.2, 0.25) is 0 Å². The van der Waals surface area contributed by atoms with E-state index >= 15 is 0 Å². The molecule has 1 nitrogen and oxygen atoms in total. The van der Waals surface area contributed by atoms with E-state index in [2.05, 4.69) is 56.2 Å². The van der Waals surface area contributed by atoms with Gasteiger partial charge in [0, 0.05) is 21.5 Å². The zero-order chi connectivity index (χ0) is 14.7. The van der Waals surface area contributed by atoms with Crippen LogP contribution in [0.3, 0.4) is 0 Å². The van der Waals surface area contributed by atoms with Gasteiger partial charge in [0.05, 0.1) is 10.0 Å². The van der Waals surface area contributed by atoms with Gasteiger partial charge < -0.3 is 5.32 Å². The number of halogens is 4. The van der Waals surface area contributed by atoms with Crippen LogP contribution in [-0.4, -0.2) is 0 Å². The molecular formula is C15H13Br2Cl2N. The van der Waals surface area contributed by atoms with Gasteiger partial charge in [0.1, 0.15) is 0 Å². The number of benzene rings is 2. The average molecular weight is 438 g/mol. The Morgan fingerprint density at radius 2 is 1.75 bits per heavy atom. The van der Waals surface area contributed by atoms with E-state index in [-0.39, 0.29) is 6.04 Å². The van der Waals surface area contributed by atoms with Crippen LogP contribution < -0.4 is 5.32 Å². The van der Waals surface area contributed by atoms with Gasteiger partial charge in [-0.25, -0.2) is 0 Å². The Kier molecular flexibility index (Phi) is 5.94. The second kappa shape index (κ2) is 7.28. The SMILES string of the molecule is CC(NCc1ccc(Br)c(Br)c1)c1ccc(Cl)c(Cl)c1. The highest BCUT2D eigenvalue weighted by atomic mass is 79.9. The number of hydrogen-bond donors (Lipinski definition) is 1. The molecule has 1 atom stereocenters. The van der Waals surface area contributed by atoms with Gasteiger partial charge in [0.25, 0.3) is 0 Å². The molecule has 0 bridgehead atoms. The maximum atomic E-state index is 6.04. The molecule has 2 aromatic rings. The molecule has 5 heteroatoms. The molecule has 0 aliphatic carbocycles. The molecule has 0 saturated carbocycles. The van der Waals surface area contributed by atoms with Crippen LogP contribution >= 0.6 is 55.1 Å². The molecule has 0 aliphatic heterocycles. The van der Waals surface area contributed by atoms with E-state index in [0.29, 0.717) is 10.0 Å². The summed E-state index contributed by atoms with van der Waals surface area (Å²) in [6, 6.07) is 12.1. The maximum Gasteiger partial charge on any atom is 0.0595 e. The largest absolute Gasteiger partial charge is 0.306 e. The van der Waals surface area contributed by atoms with Crippen molar-refractivity contribution in [2.75, 3.05) is 0 Å². The Balaban J connectivity index is 2.02. The summed E-state index contributed by atoms with van der Waals surface area (Å²) in [7, 11) is 0. The third kappa shape index (κ3) is 4.22. The summed E-state index contributed by atoms with van der Waals surface area (Å²) in [6.45, 7) is 2.89. The van der Waals surface area contributed by atoms with Gasteiger partial charge in [-0.3, -0.25) is 0 Å². The van der Waals surface area contributed by atoms with E-state index < -0.39 is 0 Å². The van der Waals surface area contributed by atoms with Crippen molar-refractivity contribution in [3.05, 3.63) is 66.5 Å². The van der Waals surface area contributed by atoms with Gasteiger partial charge in [-0.05, 0) is 74.2 Å². The van der Waals surface area contributed by atoms with E-state index in [9.17, 15) is 0 Å². The molecule has 0 amide bonds. The summed E-state index contributed by atoms with van der Waals surface area (Å²) in [6.07, 6.45) is 0. The second-order valence-electron chi connectivity index (χ2n) is 4.52. The Bertz CT molecular complexity index is 617. The summed E-state index contributed by atoms with van der Waals surface area (Å²) >= 11 is 18.9. The molecule has 0 aromatic heterocycles. The van der Waals surface area contributed by atoms with Crippen molar-refractivity contribution in [1.82, 2.24) is 5.32 Å². The Morgan fingerprint density at radius 3 is 2.40 bits per heavy atom. The monoisotopic (exact) mass is 435 g/mol. The van der Waals surface area contributed by atoms with Gasteiger partial charge in [-0.1, -0.05) is 35.3 Å². The van der Waals surface area contributed by atoms with Crippen molar-refractivity contribution >= 4 is 55.1 Å². The van der Waals surface area contributed by atoms with Crippen LogP contribution in [0.5, 0.6) is 0 Å². The van der Waals surface area contributed by atoms with Crippen LogP contribution in [0.15, 0.2) is 45.3 Å². The summed E-state index contributed by atoms with van der Waals surface area (Å²) in [4.78, 5) is 0. The smallest absolute Gasteiger partial charge is 0.0595 e. The third-order valence-corrected chi connectivity index (χ3v) is 5.66. The number of rotatable bonds is 4. The Morgan fingerprint density at radius 1 is 1.00 bits per heavy atom. The fraction of sp³-hybridized carbons (Fsp3) is 0.200. The highest BCUT2D eigenvalue weighted by Gasteiger charge is 2.08. The van der Waals surface area contributed by atoms with E-state index in [1.54, 1.807) is 0 Å². The number of nitrogens with one attached hydrogen (secondary N) is 1. The Labute approximate surface area is 145 Å². The molecule has 1 unspecified atom stereocenters. The Hall–Kier alpha value is -0.0600. The minimum atomic E-state index is 0.201. The second-order valence-corrected chi connectivity index (χ2v) is 7.05. The summed E-state index contributed by atoms with van der Waals surface area (Å²) < 4.78 is 2.11. The normalized spacial score (nSPS) is 12.4. The van der Waals surface area contributed by atoms with E-state index in [1.807, 2.05) is 24.3 Å². The van der Waals surface area contributed by atoms with Crippen molar-refractivity contribution in [2.45, 2.75) is 19.5 Å². The third-order valence-electron chi connectivity index (χ3n) is 3.04. The first-order valence-corrected chi connectivity index (χ1v) is 8.44. The van der Waals surface area contributed by atoms with E-state index in [4.69, 9.17) is 23.2 Å². The van der Waals surface area contributed by atoms with E-state index in [1.165, 1.54) is 5.56 Å². The molecule has 0 heterocycles. The lowest BCUT2D eigenvalue weighted by Crippen LogP contribution is -2.18. The van der Waals surface area contributed by atoms with Crippen LogP contribution in [0.1, 0.15) is 24.1 Å². The highest BCUT2D eigenvalue weighted by molar-refractivity contribution is 9.13. The van der Waals surface area contributed by atoms with Crippen LogP contribution in [0.25, 0.3) is 0 Å². The van der Waals surface area contributed by atoms with Crippen molar-refractivity contribution in [3.8, 4) is 0 Å². The molecule has 0 aliphatic rings. The van der Waals surface area contributed by atoms with Crippen molar-refractivity contribution < 1.29 is 0 Å². The fourth-order valence-electron chi connectivity index (χ4n) is 1.82. The molecule has 0 radical (unpaired) electrons. The lowest BCUT2D eigenvalue weighted by atomic mass is 10.1. The molecule has 2 rings (SSSR count). The zero-order valence-corrected chi connectivity index (χ0v) is 15.4. The van der Waals surface area contributed by atoms with Crippen LogP contribution in [-0.2, 0) is 6.54 Å². The minimum absolute atomic E-state index is 0.201. The molecule has 106 valence electrons. The molecule has 0 fully saturated rings. The minimum Gasteiger partial charge on any atom is -0.306 e. The van der Waals surface area contributed by atoms with Crippen molar-refractivity contribution in [3.63, 3.8) is 0 Å². The quantitative estimate of drug-likeness (QED) is 0.586. The lowest BCUT2D eigenvalue weighted by Gasteiger charge is -2.15. The number of hydrogen-bond acceptors (Lipinski definition) is 1. The predicted octanol–water partition coefficient (Wildman–Crippen LogP) is 6.37. The zero-order valence-electron chi connectivity index (χ0n) is 10.8. The first-order chi connectivity index (χ1) is 9.47. The van der Waals surface area contributed by atoms with E-state index in [0.717, 1.165) is 21.1 Å². The highest BCUT2D eigenvalue weighted by Crippen LogP contribution is 2.26. The van der Waals surface area contributed by atoms with Crippen LogP contribution in [0, 0.1) is 0 Å². The first-order valence-electron chi connectivity index (χ1n) is 6.09. The lowest BCUT2D eigenvalue weighted by molar-refractivity contribution is 0.574. The van der Waals surface area contributed by atoms with Crippen LogP contribution in [0.2, 0.25) is 10.0 Å². The molecular weight excluding hydrogens is 425 g/mol. The van der Waals surface area contributed by atoms with Gasteiger partial charge in [-0.2, -0.15) is 0 Å². The topological polar surface area (TPSA) is 12.0 Å². The van der Waals surface area contributed by atoms with Gasteiger partial charge >= 0.3 is 0 Å². The average Bonchev–Trinajstić information content (AvgIpc) is 2.43.